The first kappa shape index (κ1) is 21.6. The van der Waals surface area contributed by atoms with Crippen LogP contribution < -0.4 is 16.0 Å². The van der Waals surface area contributed by atoms with Gasteiger partial charge in [0, 0.05) is 17.8 Å². The van der Waals surface area contributed by atoms with Gasteiger partial charge in [-0.1, -0.05) is 24.6 Å². The Morgan fingerprint density at radius 1 is 1.00 bits per heavy atom. The fourth-order valence-corrected chi connectivity index (χ4v) is 2.50. The molecule has 0 bridgehead atoms. The first-order chi connectivity index (χ1) is 13.2. The van der Waals surface area contributed by atoms with E-state index in [1.54, 1.807) is 6.07 Å². The molecule has 0 radical (unpaired) electrons. The van der Waals surface area contributed by atoms with Gasteiger partial charge in [-0.25, -0.2) is 0 Å². The minimum absolute atomic E-state index is 0.159. The highest BCUT2D eigenvalue weighted by molar-refractivity contribution is 6.33. The van der Waals surface area contributed by atoms with Crippen LogP contribution in [0.1, 0.15) is 25.3 Å². The van der Waals surface area contributed by atoms with Crippen molar-refractivity contribution in [3.8, 4) is 0 Å². The second-order valence-corrected chi connectivity index (χ2v) is 6.38. The lowest BCUT2D eigenvalue weighted by molar-refractivity contribution is -0.137. The normalized spacial score (nSPS) is 11.0. The Hall–Kier alpha value is -2.74. The topological polar surface area (TPSA) is 70.2 Å². The molecule has 0 unspecified atom stereocenters. The van der Waals surface area contributed by atoms with E-state index in [-0.39, 0.29) is 28.8 Å². The van der Waals surface area contributed by atoms with E-state index in [0.717, 1.165) is 12.1 Å². The molecule has 0 saturated carbocycles. The summed E-state index contributed by atoms with van der Waals surface area (Å²) >= 11 is 6.05. The number of halogens is 4. The monoisotopic (exact) mass is 413 g/mol. The Balaban J connectivity index is 1.98. The number of rotatable bonds is 7. The molecule has 0 aliphatic carbocycles. The molecule has 0 spiro atoms. The van der Waals surface area contributed by atoms with Crippen molar-refractivity contribution in [3.05, 3.63) is 53.1 Å². The van der Waals surface area contributed by atoms with Gasteiger partial charge in [0.2, 0.25) is 11.8 Å². The zero-order chi connectivity index (χ0) is 20.7. The molecule has 5 nitrogen and oxygen atoms in total. The van der Waals surface area contributed by atoms with Crippen LogP contribution in [0.15, 0.2) is 42.5 Å². The maximum Gasteiger partial charge on any atom is 0.416 e. The SMILES string of the molecule is CCCC(=O)Nc1ccc(Cl)c(NC(=O)CNc2cccc(C(F)(F)F)c2)c1. The molecular weight excluding hydrogens is 395 g/mol. The van der Waals surface area contributed by atoms with E-state index >= 15 is 0 Å². The molecule has 0 atom stereocenters. The number of nitrogens with one attached hydrogen (secondary N) is 3. The van der Waals surface area contributed by atoms with Crippen molar-refractivity contribution in [3.63, 3.8) is 0 Å². The highest BCUT2D eigenvalue weighted by Gasteiger charge is 2.30. The molecule has 0 aliphatic rings. The summed E-state index contributed by atoms with van der Waals surface area (Å²) in [6.07, 6.45) is -3.40. The Labute approximate surface area is 165 Å². The van der Waals surface area contributed by atoms with Crippen LogP contribution in [0.4, 0.5) is 30.2 Å². The van der Waals surface area contributed by atoms with Gasteiger partial charge in [0.05, 0.1) is 22.8 Å². The van der Waals surface area contributed by atoms with Gasteiger partial charge in [0.15, 0.2) is 0 Å². The molecule has 2 aromatic carbocycles. The Morgan fingerprint density at radius 3 is 2.43 bits per heavy atom. The summed E-state index contributed by atoms with van der Waals surface area (Å²) in [4.78, 5) is 23.8. The predicted octanol–water partition coefficient (Wildman–Crippen LogP) is 5.15. The number of hydrogen-bond acceptors (Lipinski definition) is 3. The quantitative estimate of drug-likeness (QED) is 0.588. The summed E-state index contributed by atoms with van der Waals surface area (Å²) in [6.45, 7) is 1.62. The van der Waals surface area contributed by atoms with E-state index < -0.39 is 17.6 Å². The van der Waals surface area contributed by atoms with Crippen molar-refractivity contribution in [2.45, 2.75) is 25.9 Å². The van der Waals surface area contributed by atoms with E-state index in [0.29, 0.717) is 18.5 Å². The summed E-state index contributed by atoms with van der Waals surface area (Å²) in [5.41, 5.74) is 0.115. The molecule has 2 amide bonds. The van der Waals surface area contributed by atoms with E-state index in [1.807, 2.05) is 6.92 Å². The molecule has 9 heteroatoms. The number of benzene rings is 2. The van der Waals surface area contributed by atoms with E-state index in [9.17, 15) is 22.8 Å². The lowest BCUT2D eigenvalue weighted by atomic mass is 10.2. The van der Waals surface area contributed by atoms with Gasteiger partial charge in [-0.05, 0) is 42.8 Å². The van der Waals surface area contributed by atoms with Crippen LogP contribution in [0.3, 0.4) is 0 Å². The van der Waals surface area contributed by atoms with Crippen LogP contribution in [-0.4, -0.2) is 18.4 Å². The third-order valence-corrected chi connectivity index (χ3v) is 3.97. The van der Waals surface area contributed by atoms with Gasteiger partial charge in [0.1, 0.15) is 0 Å². The number of carbonyl (C=O) groups is 2. The van der Waals surface area contributed by atoms with Crippen LogP contribution in [-0.2, 0) is 15.8 Å². The Kier molecular flexibility index (Phi) is 7.28. The standard InChI is InChI=1S/C19H19ClF3N3O2/c1-2-4-17(27)25-14-7-8-15(20)16(10-14)26-18(28)11-24-13-6-3-5-12(9-13)19(21,22)23/h3,5-10,24H,2,4,11H2,1H3,(H,25,27)(H,26,28). The molecule has 0 aliphatic heterocycles. The largest absolute Gasteiger partial charge is 0.416 e. The van der Waals surface area contributed by atoms with Gasteiger partial charge >= 0.3 is 6.18 Å². The Bertz CT molecular complexity index is 857. The fraction of sp³-hybridized carbons (Fsp3) is 0.263. The van der Waals surface area contributed by atoms with E-state index in [4.69, 9.17) is 11.6 Å². The highest BCUT2D eigenvalue weighted by atomic mass is 35.5. The average Bonchev–Trinajstić information content (AvgIpc) is 2.62. The average molecular weight is 414 g/mol. The van der Waals surface area contributed by atoms with Gasteiger partial charge in [-0.2, -0.15) is 13.2 Å². The van der Waals surface area contributed by atoms with Crippen LogP contribution in [0.25, 0.3) is 0 Å². The maximum absolute atomic E-state index is 12.7. The minimum atomic E-state index is -4.46. The maximum atomic E-state index is 12.7. The van der Waals surface area contributed by atoms with Crippen molar-refractivity contribution in [2.75, 3.05) is 22.5 Å². The molecule has 2 rings (SSSR count). The number of carbonyl (C=O) groups excluding carboxylic acids is 2. The van der Waals surface area contributed by atoms with Crippen LogP contribution in [0, 0.1) is 0 Å². The van der Waals surface area contributed by atoms with Crippen molar-refractivity contribution in [2.24, 2.45) is 0 Å². The van der Waals surface area contributed by atoms with Crippen molar-refractivity contribution >= 4 is 40.5 Å². The predicted molar refractivity (Wildman–Crippen MR) is 104 cm³/mol. The number of amides is 2. The minimum Gasteiger partial charge on any atom is -0.376 e. The van der Waals surface area contributed by atoms with E-state index in [1.165, 1.54) is 24.3 Å². The molecule has 150 valence electrons. The lowest BCUT2D eigenvalue weighted by Gasteiger charge is -2.12. The first-order valence-corrected chi connectivity index (χ1v) is 8.87. The number of alkyl halides is 3. The van der Waals surface area contributed by atoms with Gasteiger partial charge in [-0.15, -0.1) is 0 Å². The molecule has 28 heavy (non-hydrogen) atoms. The van der Waals surface area contributed by atoms with Crippen molar-refractivity contribution < 1.29 is 22.8 Å². The van der Waals surface area contributed by atoms with Crippen molar-refractivity contribution in [1.82, 2.24) is 0 Å². The van der Waals surface area contributed by atoms with Crippen LogP contribution in [0.2, 0.25) is 5.02 Å². The van der Waals surface area contributed by atoms with Gasteiger partial charge in [-0.3, -0.25) is 9.59 Å². The fourth-order valence-electron chi connectivity index (χ4n) is 2.33. The van der Waals surface area contributed by atoms with Crippen LogP contribution in [0.5, 0.6) is 0 Å². The summed E-state index contributed by atoms with van der Waals surface area (Å²) in [5, 5.41) is 8.15. The molecule has 0 heterocycles. The second kappa shape index (κ2) is 9.45. The number of hydrogen-bond donors (Lipinski definition) is 3. The lowest BCUT2D eigenvalue weighted by Crippen LogP contribution is -2.22. The summed E-state index contributed by atoms with van der Waals surface area (Å²) in [5.74, 6) is -0.662. The molecule has 0 saturated heterocycles. The van der Waals surface area contributed by atoms with Crippen LogP contribution >= 0.6 is 11.6 Å². The zero-order valence-electron chi connectivity index (χ0n) is 15.0. The highest BCUT2D eigenvalue weighted by Crippen LogP contribution is 2.30. The van der Waals surface area contributed by atoms with Crippen molar-refractivity contribution in [1.29, 1.82) is 0 Å². The van der Waals surface area contributed by atoms with Gasteiger partial charge in [0.25, 0.3) is 0 Å². The summed E-state index contributed by atoms with van der Waals surface area (Å²) < 4.78 is 38.2. The third kappa shape index (κ3) is 6.45. The zero-order valence-corrected chi connectivity index (χ0v) is 15.7. The number of anilines is 3. The first-order valence-electron chi connectivity index (χ1n) is 8.49. The van der Waals surface area contributed by atoms with E-state index in [2.05, 4.69) is 16.0 Å². The molecule has 0 aromatic heterocycles. The summed E-state index contributed by atoms with van der Waals surface area (Å²) in [6, 6.07) is 9.19. The molecular formula is C19H19ClF3N3O2. The molecule has 3 N–H and O–H groups in total. The Morgan fingerprint density at radius 2 is 1.75 bits per heavy atom. The van der Waals surface area contributed by atoms with Gasteiger partial charge < -0.3 is 16.0 Å². The summed E-state index contributed by atoms with van der Waals surface area (Å²) in [7, 11) is 0. The smallest absolute Gasteiger partial charge is 0.376 e. The molecule has 0 fully saturated rings. The second-order valence-electron chi connectivity index (χ2n) is 5.97. The molecule has 2 aromatic rings. The third-order valence-electron chi connectivity index (χ3n) is 3.64.